The molecule has 1 aliphatic heterocycles. The molecule has 6 nitrogen and oxygen atoms in total. The van der Waals surface area contributed by atoms with Crippen LogP contribution in [0, 0.1) is 11.7 Å². The van der Waals surface area contributed by atoms with Gasteiger partial charge in [0, 0.05) is 38.2 Å². The van der Waals surface area contributed by atoms with Gasteiger partial charge in [0.15, 0.2) is 0 Å². The zero-order valence-corrected chi connectivity index (χ0v) is 16.6. The maximum absolute atomic E-state index is 13.8. The van der Waals surface area contributed by atoms with Crippen LogP contribution in [0.2, 0.25) is 0 Å². The Balaban J connectivity index is 1.83. The van der Waals surface area contributed by atoms with Crippen LogP contribution in [-0.2, 0) is 9.53 Å². The van der Waals surface area contributed by atoms with E-state index in [4.69, 9.17) is 9.47 Å². The predicted octanol–water partition coefficient (Wildman–Crippen LogP) is 2.45. The number of benzene rings is 2. The third-order valence-electron chi connectivity index (χ3n) is 5.14. The van der Waals surface area contributed by atoms with E-state index in [2.05, 4.69) is 5.32 Å². The fourth-order valence-corrected chi connectivity index (χ4v) is 3.66. The highest BCUT2D eigenvalue weighted by Gasteiger charge is 2.40. The van der Waals surface area contributed by atoms with Crippen molar-refractivity contribution >= 4 is 11.8 Å². The highest BCUT2D eigenvalue weighted by atomic mass is 19.1. The molecule has 0 spiro atoms. The molecule has 7 heteroatoms. The third-order valence-corrected chi connectivity index (χ3v) is 5.14. The number of hydrogen-bond acceptors (Lipinski definition) is 4. The summed E-state index contributed by atoms with van der Waals surface area (Å²) in [6.45, 7) is 1.37. The first-order valence-electron chi connectivity index (χ1n) is 9.49. The number of hydrogen-bond donors (Lipinski definition) is 1. The lowest BCUT2D eigenvalue weighted by Crippen LogP contribution is -2.37. The molecule has 1 heterocycles. The van der Waals surface area contributed by atoms with E-state index in [-0.39, 0.29) is 30.1 Å². The van der Waals surface area contributed by atoms with Crippen molar-refractivity contribution in [3.63, 3.8) is 0 Å². The molecule has 2 aromatic rings. The minimum atomic E-state index is -0.469. The topological polar surface area (TPSA) is 67.9 Å². The number of carbonyl (C=O) groups is 2. The zero-order chi connectivity index (χ0) is 20.8. The van der Waals surface area contributed by atoms with Crippen molar-refractivity contribution in [2.45, 2.75) is 5.92 Å². The van der Waals surface area contributed by atoms with E-state index < -0.39 is 5.92 Å². The highest BCUT2D eigenvalue weighted by Crippen LogP contribution is 2.34. The summed E-state index contributed by atoms with van der Waals surface area (Å²) in [5.74, 6) is -0.884. The van der Waals surface area contributed by atoms with Gasteiger partial charge in [0.05, 0.1) is 19.6 Å². The normalized spacial score (nSPS) is 18.5. The summed E-state index contributed by atoms with van der Waals surface area (Å²) in [5.41, 5.74) is 1.20. The quantitative estimate of drug-likeness (QED) is 0.725. The maximum atomic E-state index is 13.8. The lowest BCUT2D eigenvalue weighted by molar-refractivity contribution is -0.125. The van der Waals surface area contributed by atoms with Gasteiger partial charge in [0.2, 0.25) is 5.91 Å². The summed E-state index contributed by atoms with van der Waals surface area (Å²) in [7, 11) is 3.10. The summed E-state index contributed by atoms with van der Waals surface area (Å²) in [6.07, 6.45) is 0. The molecule has 1 saturated heterocycles. The lowest BCUT2D eigenvalue weighted by atomic mass is 9.88. The predicted molar refractivity (Wildman–Crippen MR) is 106 cm³/mol. The van der Waals surface area contributed by atoms with Gasteiger partial charge >= 0.3 is 0 Å². The minimum Gasteiger partial charge on any atom is -0.497 e. The van der Waals surface area contributed by atoms with Crippen LogP contribution in [0.3, 0.4) is 0 Å². The first kappa shape index (κ1) is 20.8. The van der Waals surface area contributed by atoms with E-state index in [1.165, 1.54) is 12.1 Å². The van der Waals surface area contributed by atoms with E-state index in [9.17, 15) is 14.0 Å². The average Bonchev–Trinajstić information content (AvgIpc) is 3.19. The number of likely N-dealkylation sites (tertiary alicyclic amines) is 1. The molecule has 0 aliphatic carbocycles. The average molecular weight is 400 g/mol. The second kappa shape index (κ2) is 9.52. The van der Waals surface area contributed by atoms with E-state index in [1.807, 2.05) is 0 Å². The lowest BCUT2D eigenvalue weighted by Gasteiger charge is -2.18. The number of ether oxygens (including phenoxy) is 2. The molecule has 29 heavy (non-hydrogen) atoms. The van der Waals surface area contributed by atoms with Crippen LogP contribution in [-0.4, -0.2) is 57.2 Å². The molecule has 1 aliphatic rings. The van der Waals surface area contributed by atoms with Crippen molar-refractivity contribution < 1.29 is 23.5 Å². The van der Waals surface area contributed by atoms with Crippen molar-refractivity contribution in [3.05, 3.63) is 65.5 Å². The Bertz CT molecular complexity index is 873. The Kier molecular flexibility index (Phi) is 6.82. The standard InChI is InChI=1S/C22H25FN2O4/c1-28-10-9-24-21(26)20-14-25(13-19(20)15-5-3-7-17(23)11-15)22(27)16-6-4-8-18(12-16)29-2/h3-8,11-12,19-20H,9-10,13-14H2,1-2H3,(H,24,26). The zero-order valence-electron chi connectivity index (χ0n) is 16.6. The van der Waals surface area contributed by atoms with Crippen molar-refractivity contribution in [2.24, 2.45) is 5.92 Å². The highest BCUT2D eigenvalue weighted by molar-refractivity contribution is 5.95. The van der Waals surface area contributed by atoms with Gasteiger partial charge in [0.1, 0.15) is 11.6 Å². The summed E-state index contributed by atoms with van der Waals surface area (Å²) >= 11 is 0. The van der Waals surface area contributed by atoms with Gasteiger partial charge in [-0.05, 0) is 35.9 Å². The molecule has 3 rings (SSSR count). The molecule has 2 unspecified atom stereocenters. The van der Waals surface area contributed by atoms with Crippen LogP contribution in [0.15, 0.2) is 48.5 Å². The Morgan fingerprint density at radius 3 is 2.66 bits per heavy atom. The summed E-state index contributed by atoms with van der Waals surface area (Å²) in [4.78, 5) is 27.5. The van der Waals surface area contributed by atoms with Crippen LogP contribution < -0.4 is 10.1 Å². The van der Waals surface area contributed by atoms with Gasteiger partial charge in [0.25, 0.3) is 5.91 Å². The van der Waals surface area contributed by atoms with Gasteiger partial charge in [-0.25, -0.2) is 4.39 Å². The van der Waals surface area contributed by atoms with Gasteiger partial charge in [-0.1, -0.05) is 18.2 Å². The first-order valence-corrected chi connectivity index (χ1v) is 9.49. The Hall–Kier alpha value is -2.93. The molecule has 154 valence electrons. The first-order chi connectivity index (χ1) is 14.0. The number of rotatable bonds is 7. The molecule has 0 bridgehead atoms. The van der Waals surface area contributed by atoms with Crippen molar-refractivity contribution in [2.75, 3.05) is 40.5 Å². The van der Waals surface area contributed by atoms with Gasteiger partial charge in [-0.15, -0.1) is 0 Å². The van der Waals surface area contributed by atoms with Crippen LogP contribution in [0.5, 0.6) is 5.75 Å². The fourth-order valence-electron chi connectivity index (χ4n) is 3.66. The third kappa shape index (κ3) is 4.92. The fraction of sp³-hybridized carbons (Fsp3) is 0.364. The molecular formula is C22H25FN2O4. The molecule has 2 atom stereocenters. The van der Waals surface area contributed by atoms with Crippen molar-refractivity contribution in [3.8, 4) is 5.75 Å². The second-order valence-corrected chi connectivity index (χ2v) is 6.99. The smallest absolute Gasteiger partial charge is 0.254 e. The Labute approximate surface area is 169 Å². The van der Waals surface area contributed by atoms with E-state index in [1.54, 1.807) is 55.5 Å². The van der Waals surface area contributed by atoms with Crippen LogP contribution in [0.1, 0.15) is 21.8 Å². The Morgan fingerprint density at radius 2 is 1.93 bits per heavy atom. The summed E-state index contributed by atoms with van der Waals surface area (Å²) < 4.78 is 24.0. The largest absolute Gasteiger partial charge is 0.497 e. The Morgan fingerprint density at radius 1 is 1.14 bits per heavy atom. The molecule has 2 amide bonds. The molecule has 0 aromatic heterocycles. The number of amides is 2. The van der Waals surface area contributed by atoms with Gasteiger partial charge in [-0.2, -0.15) is 0 Å². The van der Waals surface area contributed by atoms with E-state index >= 15 is 0 Å². The minimum absolute atomic E-state index is 0.169. The number of carbonyl (C=O) groups excluding carboxylic acids is 2. The number of halogens is 1. The molecule has 0 saturated carbocycles. The SMILES string of the molecule is COCCNC(=O)C1CN(C(=O)c2cccc(OC)c2)CC1c1cccc(F)c1. The molecular weight excluding hydrogens is 375 g/mol. The molecule has 0 radical (unpaired) electrons. The van der Waals surface area contributed by atoms with E-state index in [0.29, 0.717) is 36.6 Å². The molecule has 2 aromatic carbocycles. The second-order valence-electron chi connectivity index (χ2n) is 6.99. The number of methoxy groups -OCH3 is 2. The van der Waals surface area contributed by atoms with Crippen molar-refractivity contribution in [1.82, 2.24) is 10.2 Å². The molecule has 1 fully saturated rings. The molecule has 1 N–H and O–H groups in total. The van der Waals surface area contributed by atoms with E-state index in [0.717, 1.165) is 0 Å². The van der Waals surface area contributed by atoms with Crippen molar-refractivity contribution in [1.29, 1.82) is 0 Å². The number of nitrogens with one attached hydrogen (secondary N) is 1. The van der Waals surface area contributed by atoms with Crippen LogP contribution >= 0.6 is 0 Å². The van der Waals surface area contributed by atoms with Gasteiger partial charge in [-0.3, -0.25) is 9.59 Å². The summed E-state index contributed by atoms with van der Waals surface area (Å²) in [6, 6.07) is 13.1. The monoisotopic (exact) mass is 400 g/mol. The maximum Gasteiger partial charge on any atom is 0.254 e. The summed E-state index contributed by atoms with van der Waals surface area (Å²) in [5, 5.41) is 2.84. The number of nitrogens with zero attached hydrogens (tertiary/aromatic N) is 1. The van der Waals surface area contributed by atoms with Crippen LogP contribution in [0.25, 0.3) is 0 Å². The van der Waals surface area contributed by atoms with Gasteiger partial charge < -0.3 is 19.7 Å². The van der Waals surface area contributed by atoms with Crippen LogP contribution in [0.4, 0.5) is 4.39 Å².